The number of aromatic nitrogens is 1. The average Bonchev–Trinajstić information content (AvgIpc) is 2.35. The van der Waals surface area contributed by atoms with Crippen molar-refractivity contribution in [3.63, 3.8) is 0 Å². The molecule has 0 aliphatic heterocycles. The Hall–Kier alpha value is -0.810. The summed E-state index contributed by atoms with van der Waals surface area (Å²) in [6, 6.07) is 1.73. The van der Waals surface area contributed by atoms with E-state index in [-0.39, 0.29) is 11.4 Å². The lowest BCUT2D eigenvalue weighted by molar-refractivity contribution is 0.418. The van der Waals surface area contributed by atoms with Gasteiger partial charge in [-0.05, 0) is 44.8 Å². The Morgan fingerprint density at radius 3 is 2.70 bits per heavy atom. The van der Waals surface area contributed by atoms with Crippen LogP contribution in [0.4, 0.5) is 10.2 Å². The maximum absolute atomic E-state index is 14.3. The molecule has 1 heterocycles. The maximum Gasteiger partial charge on any atom is 0.169 e. The lowest BCUT2D eigenvalue weighted by Crippen LogP contribution is -2.35. The van der Waals surface area contributed by atoms with Gasteiger partial charge in [-0.15, -0.1) is 0 Å². The van der Waals surface area contributed by atoms with Crippen LogP contribution in [-0.2, 0) is 6.54 Å². The van der Waals surface area contributed by atoms with E-state index in [0.717, 1.165) is 12.3 Å². The molecule has 0 fully saturated rings. The van der Waals surface area contributed by atoms with E-state index in [1.54, 1.807) is 24.0 Å². The molecular formula is C15H26FN3S. The number of nitrogens with zero attached hydrogens (tertiary/aromatic N) is 1. The maximum atomic E-state index is 14.3. The average molecular weight is 299 g/mol. The highest BCUT2D eigenvalue weighted by Crippen LogP contribution is 2.17. The van der Waals surface area contributed by atoms with Crippen molar-refractivity contribution in [2.24, 2.45) is 5.92 Å². The first kappa shape index (κ1) is 17.2. The monoisotopic (exact) mass is 299 g/mol. The minimum absolute atomic E-state index is 0.0316. The van der Waals surface area contributed by atoms with Crippen LogP contribution in [-0.4, -0.2) is 29.1 Å². The lowest BCUT2D eigenvalue weighted by atomic mass is 10.1. The van der Waals surface area contributed by atoms with E-state index in [1.807, 2.05) is 0 Å². The molecule has 1 aromatic rings. The third-order valence-corrected chi connectivity index (χ3v) is 3.75. The normalized spacial score (nSPS) is 13.3. The molecule has 0 spiro atoms. The van der Waals surface area contributed by atoms with Crippen molar-refractivity contribution in [1.82, 2.24) is 10.3 Å². The number of anilines is 1. The van der Waals surface area contributed by atoms with Crippen LogP contribution in [0.5, 0.6) is 0 Å². The Morgan fingerprint density at radius 2 is 2.10 bits per heavy atom. The first-order valence-electron chi connectivity index (χ1n) is 6.94. The standard InChI is InChI=1S/C15H26FN3S/c1-11(10-20-5)8-18-14-13(16)12(6-7-17-14)9-19-15(2,3)4/h6-7,11,19H,8-10H2,1-5H3,(H,17,18). The molecule has 0 bridgehead atoms. The van der Waals surface area contributed by atoms with Gasteiger partial charge in [-0.3, -0.25) is 0 Å². The molecular weight excluding hydrogens is 273 g/mol. The summed E-state index contributed by atoms with van der Waals surface area (Å²) in [6.45, 7) is 9.58. The molecule has 5 heteroatoms. The summed E-state index contributed by atoms with van der Waals surface area (Å²) < 4.78 is 14.3. The van der Waals surface area contributed by atoms with Crippen LogP contribution in [0, 0.1) is 11.7 Å². The van der Waals surface area contributed by atoms with Crippen molar-refractivity contribution in [2.75, 3.05) is 23.9 Å². The molecule has 0 saturated heterocycles. The van der Waals surface area contributed by atoms with Crippen molar-refractivity contribution in [3.8, 4) is 0 Å². The zero-order valence-electron chi connectivity index (χ0n) is 13.1. The van der Waals surface area contributed by atoms with Gasteiger partial charge in [-0.1, -0.05) is 6.92 Å². The van der Waals surface area contributed by atoms with E-state index in [1.165, 1.54) is 0 Å². The van der Waals surface area contributed by atoms with Crippen LogP contribution in [0.15, 0.2) is 12.3 Å². The number of nitrogens with one attached hydrogen (secondary N) is 2. The van der Waals surface area contributed by atoms with E-state index in [2.05, 4.69) is 49.6 Å². The molecule has 0 amide bonds. The highest BCUT2D eigenvalue weighted by Gasteiger charge is 2.13. The molecule has 1 aromatic heterocycles. The van der Waals surface area contributed by atoms with Crippen molar-refractivity contribution in [2.45, 2.75) is 39.8 Å². The van der Waals surface area contributed by atoms with E-state index >= 15 is 0 Å². The molecule has 114 valence electrons. The molecule has 3 nitrogen and oxygen atoms in total. The predicted molar refractivity (Wildman–Crippen MR) is 86.8 cm³/mol. The van der Waals surface area contributed by atoms with E-state index < -0.39 is 0 Å². The van der Waals surface area contributed by atoms with Gasteiger partial charge in [0.25, 0.3) is 0 Å². The van der Waals surface area contributed by atoms with Crippen LogP contribution in [0.2, 0.25) is 0 Å². The zero-order chi connectivity index (χ0) is 15.2. The van der Waals surface area contributed by atoms with E-state index in [4.69, 9.17) is 0 Å². The number of pyridine rings is 1. The van der Waals surface area contributed by atoms with Crippen LogP contribution >= 0.6 is 11.8 Å². The summed E-state index contributed by atoms with van der Waals surface area (Å²) in [5, 5.41) is 6.40. The van der Waals surface area contributed by atoms with Crippen LogP contribution in [0.25, 0.3) is 0 Å². The highest BCUT2D eigenvalue weighted by molar-refractivity contribution is 7.98. The summed E-state index contributed by atoms with van der Waals surface area (Å²) in [7, 11) is 0. The van der Waals surface area contributed by atoms with Gasteiger partial charge in [0, 0.05) is 30.4 Å². The van der Waals surface area contributed by atoms with Gasteiger partial charge in [0.1, 0.15) is 0 Å². The number of hydrogen-bond donors (Lipinski definition) is 2. The topological polar surface area (TPSA) is 37.0 Å². The van der Waals surface area contributed by atoms with Gasteiger partial charge < -0.3 is 10.6 Å². The first-order valence-corrected chi connectivity index (χ1v) is 8.34. The molecule has 0 aliphatic carbocycles. The quantitative estimate of drug-likeness (QED) is 0.808. The second-order valence-corrected chi connectivity index (χ2v) is 7.09. The number of rotatable bonds is 7. The molecule has 0 saturated carbocycles. The summed E-state index contributed by atoms with van der Waals surface area (Å²) in [6.07, 6.45) is 3.73. The predicted octanol–water partition coefficient (Wildman–Crippen LogP) is 3.52. The Kier molecular flexibility index (Phi) is 6.76. The smallest absolute Gasteiger partial charge is 0.169 e. The summed E-state index contributed by atoms with van der Waals surface area (Å²) in [4.78, 5) is 4.09. The Bertz CT molecular complexity index is 418. The van der Waals surface area contributed by atoms with Crippen LogP contribution < -0.4 is 10.6 Å². The molecule has 2 N–H and O–H groups in total. The van der Waals surface area contributed by atoms with Gasteiger partial charge in [0.2, 0.25) is 0 Å². The minimum Gasteiger partial charge on any atom is -0.367 e. The number of thioether (sulfide) groups is 1. The lowest BCUT2D eigenvalue weighted by Gasteiger charge is -2.21. The van der Waals surface area contributed by atoms with Gasteiger partial charge in [0.15, 0.2) is 11.6 Å². The Balaban J connectivity index is 2.65. The SMILES string of the molecule is CSCC(C)CNc1nccc(CNC(C)(C)C)c1F. The molecule has 0 aliphatic rings. The fourth-order valence-corrected chi connectivity index (χ4v) is 2.41. The van der Waals surface area contributed by atoms with Gasteiger partial charge in [-0.25, -0.2) is 9.37 Å². The first-order chi connectivity index (χ1) is 9.33. The Morgan fingerprint density at radius 1 is 1.40 bits per heavy atom. The summed E-state index contributed by atoms with van der Waals surface area (Å²) >= 11 is 1.80. The molecule has 1 atom stereocenters. The van der Waals surface area contributed by atoms with Crippen molar-refractivity contribution < 1.29 is 4.39 Å². The molecule has 1 rings (SSSR count). The van der Waals surface area contributed by atoms with E-state index in [0.29, 0.717) is 23.8 Å². The number of hydrogen-bond acceptors (Lipinski definition) is 4. The van der Waals surface area contributed by atoms with Gasteiger partial charge >= 0.3 is 0 Å². The third-order valence-electron chi connectivity index (χ3n) is 2.85. The molecule has 0 radical (unpaired) electrons. The molecule has 1 unspecified atom stereocenters. The summed E-state index contributed by atoms with van der Waals surface area (Å²) in [5.74, 6) is 1.65. The molecule has 20 heavy (non-hydrogen) atoms. The van der Waals surface area contributed by atoms with Crippen molar-refractivity contribution in [1.29, 1.82) is 0 Å². The number of halogens is 1. The fraction of sp³-hybridized carbons (Fsp3) is 0.667. The fourth-order valence-electron chi connectivity index (χ4n) is 1.72. The Labute approximate surface area is 126 Å². The second kappa shape index (κ2) is 7.84. The van der Waals surface area contributed by atoms with Crippen LogP contribution in [0.1, 0.15) is 33.3 Å². The van der Waals surface area contributed by atoms with Crippen LogP contribution in [0.3, 0.4) is 0 Å². The minimum atomic E-state index is -0.249. The molecule has 0 aromatic carbocycles. The highest BCUT2D eigenvalue weighted by atomic mass is 32.2. The largest absolute Gasteiger partial charge is 0.367 e. The van der Waals surface area contributed by atoms with Crippen molar-refractivity contribution >= 4 is 17.6 Å². The second-order valence-electron chi connectivity index (χ2n) is 6.18. The van der Waals surface area contributed by atoms with Crippen molar-refractivity contribution in [3.05, 3.63) is 23.6 Å². The van der Waals surface area contributed by atoms with E-state index in [9.17, 15) is 4.39 Å². The van der Waals surface area contributed by atoms with Gasteiger partial charge in [-0.2, -0.15) is 11.8 Å². The zero-order valence-corrected chi connectivity index (χ0v) is 13.9. The third kappa shape index (κ3) is 6.09. The summed E-state index contributed by atoms with van der Waals surface area (Å²) in [5.41, 5.74) is 0.617. The van der Waals surface area contributed by atoms with Gasteiger partial charge in [0.05, 0.1) is 0 Å².